The van der Waals surface area contributed by atoms with Crippen molar-refractivity contribution in [3.8, 4) is 11.1 Å². The smallest absolute Gasteiger partial charge is 0.194 e. The Hall–Kier alpha value is -1.96. The van der Waals surface area contributed by atoms with Gasteiger partial charge in [-0.3, -0.25) is 4.79 Å². The van der Waals surface area contributed by atoms with Gasteiger partial charge in [0, 0.05) is 11.1 Å². The number of benzene rings is 2. The zero-order valence-electron chi connectivity index (χ0n) is 7.83. The molecule has 1 aliphatic rings. The number of rotatable bonds is 0. The number of hydrogen-bond donors (Lipinski definition) is 0. The fourth-order valence-corrected chi connectivity index (χ4v) is 2.00. The van der Waals surface area contributed by atoms with E-state index >= 15 is 0 Å². The van der Waals surface area contributed by atoms with E-state index in [0.29, 0.717) is 16.7 Å². The third kappa shape index (κ3) is 1.05. The molecular formula is C13H7FO. The van der Waals surface area contributed by atoms with Gasteiger partial charge in [-0.1, -0.05) is 24.3 Å². The summed E-state index contributed by atoms with van der Waals surface area (Å²) < 4.78 is 13.1. The van der Waals surface area contributed by atoms with Crippen molar-refractivity contribution < 1.29 is 9.18 Å². The zero-order valence-corrected chi connectivity index (χ0v) is 7.83. The van der Waals surface area contributed by atoms with E-state index in [4.69, 9.17) is 0 Å². The fourth-order valence-electron chi connectivity index (χ4n) is 2.00. The van der Waals surface area contributed by atoms with E-state index in [1.54, 1.807) is 12.1 Å². The highest BCUT2D eigenvalue weighted by Gasteiger charge is 2.25. The third-order valence-corrected chi connectivity index (χ3v) is 2.69. The average Bonchev–Trinajstić information content (AvgIpc) is 2.54. The van der Waals surface area contributed by atoms with E-state index in [1.165, 1.54) is 12.1 Å². The Labute approximate surface area is 86.2 Å². The van der Waals surface area contributed by atoms with Crippen LogP contribution in [0.2, 0.25) is 0 Å². The van der Waals surface area contributed by atoms with Crippen LogP contribution < -0.4 is 0 Å². The monoisotopic (exact) mass is 198 g/mol. The van der Waals surface area contributed by atoms with E-state index in [-0.39, 0.29) is 11.6 Å². The summed E-state index contributed by atoms with van der Waals surface area (Å²) in [6.45, 7) is 0. The zero-order chi connectivity index (χ0) is 10.4. The van der Waals surface area contributed by atoms with Crippen LogP contribution in [0.25, 0.3) is 11.1 Å². The quantitative estimate of drug-likeness (QED) is 0.542. The van der Waals surface area contributed by atoms with Crippen LogP contribution in [0, 0.1) is 5.82 Å². The van der Waals surface area contributed by atoms with Gasteiger partial charge in [0.15, 0.2) is 5.78 Å². The maximum absolute atomic E-state index is 13.1. The number of carbonyl (C=O) groups is 1. The maximum Gasteiger partial charge on any atom is 0.194 e. The van der Waals surface area contributed by atoms with Crippen LogP contribution >= 0.6 is 0 Å². The van der Waals surface area contributed by atoms with Crippen molar-refractivity contribution in [2.75, 3.05) is 0 Å². The van der Waals surface area contributed by atoms with Gasteiger partial charge >= 0.3 is 0 Å². The molecule has 2 aromatic carbocycles. The van der Waals surface area contributed by atoms with E-state index in [1.807, 2.05) is 18.2 Å². The molecule has 0 aromatic heterocycles. The van der Waals surface area contributed by atoms with Gasteiger partial charge in [-0.25, -0.2) is 4.39 Å². The molecule has 0 unspecified atom stereocenters. The largest absolute Gasteiger partial charge is 0.289 e. The molecule has 0 N–H and O–H groups in total. The minimum absolute atomic E-state index is 0.0133. The lowest BCUT2D eigenvalue weighted by atomic mass is 10.1. The summed E-state index contributed by atoms with van der Waals surface area (Å²) >= 11 is 0. The summed E-state index contributed by atoms with van der Waals surface area (Å²) in [7, 11) is 0. The summed E-state index contributed by atoms with van der Waals surface area (Å²) in [5, 5.41) is 0. The lowest BCUT2D eigenvalue weighted by Gasteiger charge is -1.98. The first kappa shape index (κ1) is 8.36. The molecule has 0 amide bonds. The minimum atomic E-state index is -0.307. The van der Waals surface area contributed by atoms with Crippen molar-refractivity contribution in [3.63, 3.8) is 0 Å². The second kappa shape index (κ2) is 2.76. The Morgan fingerprint density at radius 3 is 2.27 bits per heavy atom. The van der Waals surface area contributed by atoms with Gasteiger partial charge in [-0.05, 0) is 29.3 Å². The Morgan fingerprint density at radius 2 is 1.47 bits per heavy atom. The molecule has 0 fully saturated rings. The summed E-state index contributed by atoms with van der Waals surface area (Å²) in [5.74, 6) is -0.321. The van der Waals surface area contributed by atoms with E-state index in [2.05, 4.69) is 0 Å². The van der Waals surface area contributed by atoms with E-state index < -0.39 is 0 Å². The van der Waals surface area contributed by atoms with Crippen molar-refractivity contribution >= 4 is 5.78 Å². The molecule has 2 aromatic rings. The molecule has 1 nitrogen and oxygen atoms in total. The number of ketones is 1. The molecule has 0 spiro atoms. The molecule has 2 heteroatoms. The van der Waals surface area contributed by atoms with Crippen molar-refractivity contribution in [2.45, 2.75) is 0 Å². The lowest BCUT2D eigenvalue weighted by molar-refractivity contribution is 0.104. The summed E-state index contributed by atoms with van der Waals surface area (Å²) in [5.41, 5.74) is 2.79. The normalized spacial score (nSPS) is 12.5. The Kier molecular flexibility index (Phi) is 1.54. The molecule has 0 heterocycles. The molecule has 3 rings (SSSR count). The topological polar surface area (TPSA) is 17.1 Å². The second-order valence-electron chi connectivity index (χ2n) is 3.56. The average molecular weight is 198 g/mol. The predicted molar refractivity (Wildman–Crippen MR) is 55.3 cm³/mol. The minimum Gasteiger partial charge on any atom is -0.289 e. The van der Waals surface area contributed by atoms with Gasteiger partial charge in [0.2, 0.25) is 0 Å². The molecule has 15 heavy (non-hydrogen) atoms. The van der Waals surface area contributed by atoms with Crippen LogP contribution in [0.1, 0.15) is 15.9 Å². The third-order valence-electron chi connectivity index (χ3n) is 2.69. The van der Waals surface area contributed by atoms with Gasteiger partial charge in [0.1, 0.15) is 5.82 Å². The molecular weight excluding hydrogens is 191 g/mol. The fraction of sp³-hybridized carbons (Fsp3) is 0. The van der Waals surface area contributed by atoms with Gasteiger partial charge < -0.3 is 0 Å². The van der Waals surface area contributed by atoms with Crippen LogP contribution in [0.5, 0.6) is 0 Å². The lowest BCUT2D eigenvalue weighted by Crippen LogP contribution is -1.94. The van der Waals surface area contributed by atoms with Crippen LogP contribution in [0.15, 0.2) is 42.5 Å². The molecule has 72 valence electrons. The number of carbonyl (C=O) groups excluding carboxylic acids is 1. The molecule has 0 aliphatic heterocycles. The number of hydrogen-bond acceptors (Lipinski definition) is 1. The highest BCUT2D eigenvalue weighted by atomic mass is 19.1. The maximum atomic E-state index is 13.1. The van der Waals surface area contributed by atoms with Crippen LogP contribution in [-0.2, 0) is 0 Å². The predicted octanol–water partition coefficient (Wildman–Crippen LogP) is 3.04. The van der Waals surface area contributed by atoms with Crippen molar-refractivity contribution in [1.29, 1.82) is 0 Å². The van der Waals surface area contributed by atoms with Gasteiger partial charge in [0.25, 0.3) is 0 Å². The summed E-state index contributed by atoms with van der Waals surface area (Å²) in [6, 6.07) is 11.6. The van der Waals surface area contributed by atoms with Crippen LogP contribution in [0.3, 0.4) is 0 Å². The summed E-state index contributed by atoms with van der Waals surface area (Å²) in [4.78, 5) is 11.9. The van der Waals surface area contributed by atoms with Crippen molar-refractivity contribution in [2.24, 2.45) is 0 Å². The SMILES string of the molecule is O=C1c2ccccc2-c2cc(F)ccc21. The first-order chi connectivity index (χ1) is 7.27. The Bertz CT molecular complexity index is 572. The highest BCUT2D eigenvalue weighted by molar-refractivity contribution is 6.21. The molecule has 0 saturated carbocycles. The van der Waals surface area contributed by atoms with E-state index in [9.17, 15) is 9.18 Å². The van der Waals surface area contributed by atoms with E-state index in [0.717, 1.165) is 5.56 Å². The van der Waals surface area contributed by atoms with Gasteiger partial charge in [-0.2, -0.15) is 0 Å². The second-order valence-corrected chi connectivity index (χ2v) is 3.56. The molecule has 0 saturated heterocycles. The molecule has 0 bridgehead atoms. The summed E-state index contributed by atoms with van der Waals surface area (Å²) in [6.07, 6.45) is 0. The molecule has 1 aliphatic carbocycles. The Balaban J connectivity index is 2.39. The van der Waals surface area contributed by atoms with Crippen LogP contribution in [0.4, 0.5) is 4.39 Å². The van der Waals surface area contributed by atoms with Gasteiger partial charge in [-0.15, -0.1) is 0 Å². The Morgan fingerprint density at radius 1 is 0.800 bits per heavy atom. The number of fused-ring (bicyclic) bond motifs is 3. The first-order valence-electron chi connectivity index (χ1n) is 4.71. The highest BCUT2D eigenvalue weighted by Crippen LogP contribution is 2.36. The molecule has 0 atom stereocenters. The first-order valence-corrected chi connectivity index (χ1v) is 4.71. The van der Waals surface area contributed by atoms with Gasteiger partial charge in [0.05, 0.1) is 0 Å². The number of halogens is 1. The van der Waals surface area contributed by atoms with Crippen molar-refractivity contribution in [1.82, 2.24) is 0 Å². The standard InChI is InChI=1S/C13H7FO/c14-8-5-6-11-12(7-8)9-3-1-2-4-10(9)13(11)15/h1-7H. The van der Waals surface area contributed by atoms with Crippen molar-refractivity contribution in [3.05, 3.63) is 59.4 Å². The van der Waals surface area contributed by atoms with Crippen LogP contribution in [-0.4, -0.2) is 5.78 Å². The molecule has 0 radical (unpaired) electrons.